The van der Waals surface area contributed by atoms with E-state index in [-0.39, 0.29) is 30.4 Å². The summed E-state index contributed by atoms with van der Waals surface area (Å²) in [6, 6.07) is -1.44. The van der Waals surface area contributed by atoms with Gasteiger partial charge in [0.25, 0.3) is 0 Å². The fourth-order valence-corrected chi connectivity index (χ4v) is 4.94. The minimum atomic E-state index is -4.34. The number of esters is 1. The van der Waals surface area contributed by atoms with Gasteiger partial charge in [-0.25, -0.2) is 18.7 Å². The maximum Gasteiger partial charge on any atom is 0.478 e. The van der Waals surface area contributed by atoms with E-state index in [0.29, 0.717) is 0 Å². The lowest BCUT2D eigenvalue weighted by Gasteiger charge is -2.39. The van der Waals surface area contributed by atoms with E-state index in [0.717, 1.165) is 11.8 Å². The number of carbonyl (C=O) groups is 5. The molecular weight excluding hydrogens is 523 g/mol. The Kier molecular flexibility index (Phi) is 11.8. The van der Waals surface area contributed by atoms with Gasteiger partial charge < -0.3 is 25.2 Å². The first kappa shape index (κ1) is 31.8. The number of carbonyl (C=O) groups excluding carboxylic acids is 4. The highest BCUT2D eigenvalue weighted by Gasteiger charge is 2.49. The van der Waals surface area contributed by atoms with Gasteiger partial charge in [0, 0.05) is 23.1 Å². The first-order valence-electron chi connectivity index (χ1n) is 10.8. The SMILES string of the molecule is COC(=O)CCNC(=O)[C@@H]1O[P@](=O)(OCOC(=O)NC(CSC(=O)C(C)(C)C)C(=O)O)OCC1(C)C. The van der Waals surface area contributed by atoms with Crippen LogP contribution in [0.25, 0.3) is 0 Å². The third-order valence-corrected chi connectivity index (χ3v) is 7.33. The molecule has 1 heterocycles. The number of alkyl carbamates (subject to hydrolysis) is 1. The lowest BCUT2D eigenvalue weighted by atomic mass is 9.87. The predicted octanol–water partition coefficient (Wildman–Crippen LogP) is 1.67. The van der Waals surface area contributed by atoms with Gasteiger partial charge in [0.05, 0.1) is 20.1 Å². The summed E-state index contributed by atoms with van der Waals surface area (Å²) >= 11 is 0.749. The van der Waals surface area contributed by atoms with Crippen LogP contribution in [0.5, 0.6) is 0 Å². The monoisotopic (exact) mass is 556 g/mol. The Bertz CT molecular complexity index is 888. The molecule has 0 saturated carbocycles. The molecule has 1 aliphatic rings. The van der Waals surface area contributed by atoms with Crippen molar-refractivity contribution in [3.63, 3.8) is 0 Å². The number of phosphoric acid groups is 1. The fourth-order valence-electron chi connectivity index (χ4n) is 2.45. The van der Waals surface area contributed by atoms with E-state index >= 15 is 0 Å². The number of carboxylic acid groups (broad SMARTS) is 1. The first-order chi connectivity index (χ1) is 16.5. The molecule has 0 aromatic heterocycles. The highest BCUT2D eigenvalue weighted by molar-refractivity contribution is 8.13. The second-order valence-electron chi connectivity index (χ2n) is 9.37. The number of methoxy groups -OCH3 is 1. The fraction of sp³-hybridized carbons (Fsp3) is 0.750. The largest absolute Gasteiger partial charge is 0.480 e. The molecule has 0 radical (unpaired) electrons. The van der Waals surface area contributed by atoms with Gasteiger partial charge in [0.1, 0.15) is 6.04 Å². The summed E-state index contributed by atoms with van der Waals surface area (Å²) in [5, 5.41) is 13.5. The average Bonchev–Trinajstić information content (AvgIpc) is 2.77. The lowest BCUT2D eigenvalue weighted by molar-refractivity contribution is -0.144. The summed E-state index contributed by atoms with van der Waals surface area (Å²) < 4.78 is 37.3. The molecule has 1 fully saturated rings. The van der Waals surface area contributed by atoms with Gasteiger partial charge in [-0.3, -0.25) is 23.4 Å². The highest BCUT2D eigenvalue weighted by Crippen LogP contribution is 2.57. The molecular formula is C20H33N2O12PS. The maximum atomic E-state index is 12.8. The molecule has 0 aromatic rings. The number of thioether (sulfide) groups is 1. The summed E-state index contributed by atoms with van der Waals surface area (Å²) in [5.41, 5.74) is -1.61. The van der Waals surface area contributed by atoms with Gasteiger partial charge >= 0.3 is 25.9 Å². The number of nitrogens with one attached hydrogen (secondary N) is 2. The predicted molar refractivity (Wildman–Crippen MR) is 126 cm³/mol. The lowest BCUT2D eigenvalue weighted by Crippen LogP contribution is -2.50. The molecule has 1 saturated heterocycles. The Balaban J connectivity index is 2.61. The summed E-state index contributed by atoms with van der Waals surface area (Å²) in [5.74, 6) is -2.83. The minimum absolute atomic E-state index is 0.0406. The van der Waals surface area contributed by atoms with E-state index in [4.69, 9.17) is 18.3 Å². The van der Waals surface area contributed by atoms with Crippen LogP contribution in [0.4, 0.5) is 4.79 Å². The second kappa shape index (κ2) is 13.4. The summed E-state index contributed by atoms with van der Waals surface area (Å²) in [4.78, 5) is 59.1. The summed E-state index contributed by atoms with van der Waals surface area (Å²) in [6.07, 6.45) is -2.58. The number of amides is 2. The molecule has 1 rings (SSSR count). The molecule has 3 atom stereocenters. The summed E-state index contributed by atoms with van der Waals surface area (Å²) in [6.45, 7) is 7.08. The highest BCUT2D eigenvalue weighted by atomic mass is 32.2. The van der Waals surface area contributed by atoms with Crippen molar-refractivity contribution < 1.29 is 56.7 Å². The first-order valence-corrected chi connectivity index (χ1v) is 13.2. The van der Waals surface area contributed by atoms with Gasteiger partial charge in [-0.2, -0.15) is 0 Å². The number of hydrogen-bond donors (Lipinski definition) is 3. The van der Waals surface area contributed by atoms with Gasteiger partial charge in [0.15, 0.2) is 11.2 Å². The van der Waals surface area contributed by atoms with Crippen molar-refractivity contribution in [2.75, 3.05) is 32.8 Å². The molecule has 0 aliphatic carbocycles. The Labute approximate surface area is 213 Å². The van der Waals surface area contributed by atoms with Gasteiger partial charge in [-0.15, -0.1) is 0 Å². The Morgan fingerprint density at radius 2 is 1.86 bits per heavy atom. The van der Waals surface area contributed by atoms with E-state index in [1.54, 1.807) is 34.6 Å². The smallest absolute Gasteiger partial charge is 0.478 e. The third-order valence-electron chi connectivity index (χ3n) is 4.62. The van der Waals surface area contributed by atoms with Crippen LogP contribution in [0.3, 0.4) is 0 Å². The minimum Gasteiger partial charge on any atom is -0.480 e. The van der Waals surface area contributed by atoms with Crippen LogP contribution < -0.4 is 10.6 Å². The molecule has 3 N–H and O–H groups in total. The van der Waals surface area contributed by atoms with Crippen LogP contribution in [-0.2, 0) is 46.8 Å². The molecule has 14 nitrogen and oxygen atoms in total. The Morgan fingerprint density at radius 1 is 1.22 bits per heavy atom. The van der Waals surface area contributed by atoms with E-state index in [2.05, 4.69) is 15.4 Å². The average molecular weight is 557 g/mol. The van der Waals surface area contributed by atoms with Crippen molar-refractivity contribution >= 4 is 48.6 Å². The standard InChI is InChI=1S/C20H33N2O12PS/c1-19(2,3)17(27)36-9-12(16(25)26)22-18(28)31-11-33-35(29)32-10-20(4,5)14(34-35)15(24)21-8-7-13(23)30-6/h12,14H,7-11H2,1-6H3,(H,21,24)(H,22,28)(H,25,26)/t12?,14-,35-/m0/s1. The van der Waals surface area contributed by atoms with Crippen LogP contribution >= 0.6 is 19.6 Å². The van der Waals surface area contributed by atoms with Crippen molar-refractivity contribution in [2.24, 2.45) is 10.8 Å². The normalized spacial score (nSPS) is 22.1. The van der Waals surface area contributed by atoms with E-state index < -0.39 is 61.5 Å². The zero-order chi connectivity index (χ0) is 27.7. The van der Waals surface area contributed by atoms with Crippen molar-refractivity contribution in [3.8, 4) is 0 Å². The van der Waals surface area contributed by atoms with Crippen molar-refractivity contribution in [2.45, 2.75) is 53.2 Å². The second-order valence-corrected chi connectivity index (χ2v) is 12.0. The number of ether oxygens (including phenoxy) is 2. The van der Waals surface area contributed by atoms with Crippen LogP contribution in [0.2, 0.25) is 0 Å². The topological polar surface area (TPSA) is 193 Å². The quantitative estimate of drug-likeness (QED) is 0.189. The third kappa shape index (κ3) is 10.4. The molecule has 0 aromatic carbocycles. The number of phosphoric ester groups is 1. The number of carboxylic acids is 1. The van der Waals surface area contributed by atoms with Crippen LogP contribution in [0, 0.1) is 10.8 Å². The summed E-state index contributed by atoms with van der Waals surface area (Å²) in [7, 11) is -3.13. The number of rotatable bonds is 11. The van der Waals surface area contributed by atoms with E-state index in [1.165, 1.54) is 7.11 Å². The molecule has 36 heavy (non-hydrogen) atoms. The van der Waals surface area contributed by atoms with Crippen LogP contribution in [0.1, 0.15) is 41.0 Å². The zero-order valence-electron chi connectivity index (χ0n) is 21.0. The Hall–Kier alpha value is -2.19. The van der Waals surface area contributed by atoms with E-state index in [1.807, 2.05) is 0 Å². The van der Waals surface area contributed by atoms with Crippen molar-refractivity contribution in [1.29, 1.82) is 0 Å². The van der Waals surface area contributed by atoms with Gasteiger partial charge in [-0.05, 0) is 0 Å². The molecule has 206 valence electrons. The molecule has 0 bridgehead atoms. The molecule has 1 aliphatic heterocycles. The Morgan fingerprint density at radius 3 is 2.42 bits per heavy atom. The molecule has 16 heteroatoms. The maximum absolute atomic E-state index is 12.8. The zero-order valence-corrected chi connectivity index (χ0v) is 22.7. The van der Waals surface area contributed by atoms with Crippen LogP contribution in [-0.4, -0.2) is 79.1 Å². The molecule has 1 unspecified atom stereocenters. The molecule has 2 amide bonds. The van der Waals surface area contributed by atoms with Gasteiger partial charge in [-0.1, -0.05) is 46.4 Å². The van der Waals surface area contributed by atoms with Crippen molar-refractivity contribution in [1.82, 2.24) is 10.6 Å². The number of aliphatic carboxylic acids is 1. The molecule has 0 spiro atoms. The van der Waals surface area contributed by atoms with Crippen LogP contribution in [0.15, 0.2) is 0 Å². The number of hydrogen-bond acceptors (Lipinski definition) is 12. The van der Waals surface area contributed by atoms with Gasteiger partial charge in [0.2, 0.25) is 12.7 Å². The van der Waals surface area contributed by atoms with Crippen molar-refractivity contribution in [3.05, 3.63) is 0 Å². The van der Waals surface area contributed by atoms with E-state index in [9.17, 15) is 33.6 Å².